The summed E-state index contributed by atoms with van der Waals surface area (Å²) in [6.45, 7) is 1.86. The molecule has 1 aliphatic heterocycles. The fourth-order valence-electron chi connectivity index (χ4n) is 1.76. The highest BCUT2D eigenvalue weighted by atomic mass is 32.2. The summed E-state index contributed by atoms with van der Waals surface area (Å²) in [7, 11) is 0. The van der Waals surface area contributed by atoms with E-state index in [2.05, 4.69) is 10.6 Å². The van der Waals surface area contributed by atoms with Gasteiger partial charge in [-0.25, -0.2) is 9.59 Å². The first-order valence-corrected chi connectivity index (χ1v) is 7.12. The van der Waals surface area contributed by atoms with Crippen molar-refractivity contribution in [3.8, 4) is 0 Å². The Bertz CT molecular complexity index is 293. The van der Waals surface area contributed by atoms with Gasteiger partial charge in [0.05, 0.1) is 6.10 Å². The van der Waals surface area contributed by atoms with Gasteiger partial charge in [-0.2, -0.15) is 11.8 Å². The summed E-state index contributed by atoms with van der Waals surface area (Å²) in [5.41, 5.74) is 0. The van der Waals surface area contributed by atoms with Crippen molar-refractivity contribution in [1.29, 1.82) is 0 Å². The lowest BCUT2D eigenvalue weighted by Gasteiger charge is -2.22. The SMILES string of the molecule is C[C@@H](O)[C@H](NC(=O)NCC1CCCCS1)C(=O)O. The zero-order chi connectivity index (χ0) is 13.5. The Morgan fingerprint density at radius 2 is 2.17 bits per heavy atom. The molecular formula is C11H20N2O4S. The van der Waals surface area contributed by atoms with Gasteiger partial charge < -0.3 is 20.8 Å². The van der Waals surface area contributed by atoms with Crippen LogP contribution in [0.3, 0.4) is 0 Å². The Kier molecular flexibility index (Phi) is 6.28. The molecule has 1 aliphatic rings. The van der Waals surface area contributed by atoms with Gasteiger partial charge in [-0.3, -0.25) is 0 Å². The number of carboxylic acids is 1. The molecule has 1 rings (SSSR count). The van der Waals surface area contributed by atoms with Gasteiger partial charge in [0.1, 0.15) is 0 Å². The number of nitrogens with one attached hydrogen (secondary N) is 2. The number of hydrogen-bond acceptors (Lipinski definition) is 4. The minimum absolute atomic E-state index is 0.402. The van der Waals surface area contributed by atoms with Gasteiger partial charge in [-0.1, -0.05) is 6.42 Å². The Morgan fingerprint density at radius 1 is 1.44 bits per heavy atom. The number of aliphatic carboxylic acids is 1. The second kappa shape index (κ2) is 7.48. The summed E-state index contributed by atoms with van der Waals surface area (Å²) >= 11 is 1.83. The maximum absolute atomic E-state index is 11.5. The smallest absolute Gasteiger partial charge is 0.328 e. The van der Waals surface area contributed by atoms with Crippen LogP contribution in [0, 0.1) is 0 Å². The van der Waals surface area contributed by atoms with Crippen molar-refractivity contribution >= 4 is 23.8 Å². The van der Waals surface area contributed by atoms with Crippen molar-refractivity contribution in [2.45, 2.75) is 43.6 Å². The molecule has 1 unspecified atom stereocenters. The van der Waals surface area contributed by atoms with Crippen LogP contribution in [-0.4, -0.2) is 51.9 Å². The highest BCUT2D eigenvalue weighted by Gasteiger charge is 2.25. The third-order valence-electron chi connectivity index (χ3n) is 2.80. The molecule has 0 bridgehead atoms. The average Bonchev–Trinajstić information content (AvgIpc) is 2.34. The van der Waals surface area contributed by atoms with Crippen molar-refractivity contribution in [3.05, 3.63) is 0 Å². The molecule has 1 heterocycles. The van der Waals surface area contributed by atoms with Crippen LogP contribution < -0.4 is 10.6 Å². The predicted octanol–water partition coefficient (Wildman–Crippen LogP) is 0.405. The molecule has 0 radical (unpaired) electrons. The Hall–Kier alpha value is -0.950. The number of aliphatic hydroxyl groups is 1. The van der Waals surface area contributed by atoms with Crippen molar-refractivity contribution in [1.82, 2.24) is 10.6 Å². The largest absolute Gasteiger partial charge is 0.480 e. The Balaban J connectivity index is 2.29. The molecule has 104 valence electrons. The van der Waals surface area contributed by atoms with E-state index in [0.29, 0.717) is 11.8 Å². The summed E-state index contributed by atoms with van der Waals surface area (Å²) < 4.78 is 0. The van der Waals surface area contributed by atoms with Crippen LogP contribution in [0.25, 0.3) is 0 Å². The maximum atomic E-state index is 11.5. The van der Waals surface area contributed by atoms with Gasteiger partial charge >= 0.3 is 12.0 Å². The number of aliphatic hydroxyl groups excluding tert-OH is 1. The molecule has 6 nitrogen and oxygen atoms in total. The Morgan fingerprint density at radius 3 is 2.67 bits per heavy atom. The fraction of sp³-hybridized carbons (Fsp3) is 0.818. The molecule has 0 aliphatic carbocycles. The highest BCUT2D eigenvalue weighted by Crippen LogP contribution is 2.24. The monoisotopic (exact) mass is 276 g/mol. The van der Waals surface area contributed by atoms with Gasteiger partial charge in [0.15, 0.2) is 6.04 Å². The number of thioether (sulfide) groups is 1. The molecule has 1 fully saturated rings. The molecule has 0 saturated carbocycles. The van der Waals surface area contributed by atoms with Crippen LogP contribution in [0.15, 0.2) is 0 Å². The number of hydrogen-bond donors (Lipinski definition) is 4. The number of carbonyl (C=O) groups is 2. The lowest BCUT2D eigenvalue weighted by molar-refractivity contribution is -0.141. The van der Waals surface area contributed by atoms with Gasteiger partial charge in [0, 0.05) is 11.8 Å². The van der Waals surface area contributed by atoms with Gasteiger partial charge in [0.25, 0.3) is 0 Å². The van der Waals surface area contributed by atoms with E-state index >= 15 is 0 Å². The summed E-state index contributed by atoms with van der Waals surface area (Å²) in [5, 5.41) is 23.3. The molecule has 0 aromatic heterocycles. The van der Waals surface area contributed by atoms with Crippen molar-refractivity contribution in [2.24, 2.45) is 0 Å². The van der Waals surface area contributed by atoms with Crippen LogP contribution >= 0.6 is 11.8 Å². The van der Waals surface area contributed by atoms with E-state index < -0.39 is 24.1 Å². The third-order valence-corrected chi connectivity index (χ3v) is 4.20. The van der Waals surface area contributed by atoms with E-state index in [9.17, 15) is 14.7 Å². The second-order valence-electron chi connectivity index (χ2n) is 4.40. The summed E-state index contributed by atoms with van der Waals surface area (Å²) in [6, 6.07) is -1.82. The van der Waals surface area contributed by atoms with E-state index in [-0.39, 0.29) is 0 Å². The van der Waals surface area contributed by atoms with Crippen molar-refractivity contribution in [3.63, 3.8) is 0 Å². The zero-order valence-corrected chi connectivity index (χ0v) is 11.2. The molecular weight excluding hydrogens is 256 g/mol. The maximum Gasteiger partial charge on any atom is 0.328 e. The highest BCUT2D eigenvalue weighted by molar-refractivity contribution is 7.99. The van der Waals surface area contributed by atoms with E-state index in [1.165, 1.54) is 19.8 Å². The summed E-state index contributed by atoms with van der Waals surface area (Å²) in [4.78, 5) is 22.3. The summed E-state index contributed by atoms with van der Waals surface area (Å²) in [6.07, 6.45) is 2.34. The first-order valence-electron chi connectivity index (χ1n) is 6.07. The van der Waals surface area contributed by atoms with E-state index in [4.69, 9.17) is 5.11 Å². The van der Waals surface area contributed by atoms with Crippen LogP contribution in [0.4, 0.5) is 4.79 Å². The molecule has 4 N–H and O–H groups in total. The number of rotatable bonds is 5. The lowest BCUT2D eigenvalue weighted by Crippen LogP contribution is -2.52. The third kappa shape index (κ3) is 5.14. The van der Waals surface area contributed by atoms with Gasteiger partial charge in [-0.05, 0) is 25.5 Å². The molecule has 18 heavy (non-hydrogen) atoms. The molecule has 7 heteroatoms. The number of carbonyl (C=O) groups excluding carboxylic acids is 1. The zero-order valence-electron chi connectivity index (χ0n) is 10.4. The van der Waals surface area contributed by atoms with E-state index in [1.54, 1.807) is 0 Å². The van der Waals surface area contributed by atoms with Crippen molar-refractivity contribution < 1.29 is 19.8 Å². The summed E-state index contributed by atoms with van der Waals surface area (Å²) in [5.74, 6) is -0.133. The molecule has 0 aromatic carbocycles. The van der Waals surface area contributed by atoms with Gasteiger partial charge in [0.2, 0.25) is 0 Å². The minimum Gasteiger partial charge on any atom is -0.480 e. The van der Waals surface area contributed by atoms with Crippen LogP contribution in [-0.2, 0) is 4.79 Å². The van der Waals surface area contributed by atoms with Gasteiger partial charge in [-0.15, -0.1) is 0 Å². The van der Waals surface area contributed by atoms with Crippen LogP contribution in [0.5, 0.6) is 0 Å². The quantitative estimate of drug-likeness (QED) is 0.583. The topological polar surface area (TPSA) is 98.7 Å². The average molecular weight is 276 g/mol. The molecule has 3 atom stereocenters. The molecule has 0 spiro atoms. The lowest BCUT2D eigenvalue weighted by atomic mass is 10.2. The number of amides is 2. The molecule has 0 aromatic rings. The fourth-order valence-corrected chi connectivity index (χ4v) is 2.99. The van der Waals surface area contributed by atoms with Crippen LogP contribution in [0.1, 0.15) is 26.2 Å². The molecule has 2 amide bonds. The van der Waals surface area contributed by atoms with Crippen LogP contribution in [0.2, 0.25) is 0 Å². The minimum atomic E-state index is -1.27. The van der Waals surface area contributed by atoms with E-state index in [0.717, 1.165) is 12.2 Å². The number of carboxylic acid groups (broad SMARTS) is 1. The first kappa shape index (κ1) is 15.1. The second-order valence-corrected chi connectivity index (χ2v) is 5.81. The Labute approximate surface area is 111 Å². The van der Waals surface area contributed by atoms with E-state index in [1.807, 2.05) is 11.8 Å². The molecule has 1 saturated heterocycles. The number of urea groups is 1. The standard InChI is InChI=1S/C11H20N2O4S/c1-7(14)9(10(15)16)13-11(17)12-6-8-4-2-3-5-18-8/h7-9,14H,2-6H2,1H3,(H,15,16)(H2,12,13,17)/t7-,8?,9+/m1/s1. The first-order chi connectivity index (χ1) is 8.50. The predicted molar refractivity (Wildman–Crippen MR) is 69.7 cm³/mol. The normalized spacial score (nSPS) is 22.9. The van der Waals surface area contributed by atoms with Crippen molar-refractivity contribution in [2.75, 3.05) is 12.3 Å².